The minimum absolute atomic E-state index is 0.399. The van der Waals surface area contributed by atoms with Crippen molar-refractivity contribution in [1.29, 1.82) is 0 Å². The topological polar surface area (TPSA) is 115 Å². The fraction of sp³-hybridized carbons (Fsp3) is 0.429. The Bertz CT molecular complexity index is 660. The Morgan fingerprint density at radius 3 is 2.68 bits per heavy atom. The first kappa shape index (κ1) is 15.5. The molecule has 5 atom stereocenters. The lowest BCUT2D eigenvalue weighted by Gasteiger charge is -2.39. The average molecular weight is 330 g/mol. The number of nitrogens with one attached hydrogen (secondary N) is 1. The Hall–Kier alpha value is -1.35. The summed E-state index contributed by atoms with van der Waals surface area (Å²) in [5, 5.41) is 39.9. The van der Waals surface area contributed by atoms with Gasteiger partial charge in [-0.05, 0) is 18.2 Å². The first-order valence-corrected chi connectivity index (χ1v) is 7.13. The van der Waals surface area contributed by atoms with Crippen molar-refractivity contribution in [3.63, 3.8) is 0 Å². The second kappa shape index (κ2) is 6.04. The Balaban J connectivity index is 1.84. The van der Waals surface area contributed by atoms with Gasteiger partial charge in [0.15, 0.2) is 0 Å². The molecular weight excluding hydrogens is 314 g/mol. The Morgan fingerprint density at radius 2 is 1.95 bits per heavy atom. The van der Waals surface area contributed by atoms with E-state index < -0.39 is 37.3 Å². The third kappa shape index (κ3) is 2.67. The zero-order valence-corrected chi connectivity index (χ0v) is 12.1. The van der Waals surface area contributed by atoms with Crippen molar-refractivity contribution in [3.05, 3.63) is 29.4 Å². The van der Waals surface area contributed by atoms with Gasteiger partial charge < -0.3 is 34.9 Å². The van der Waals surface area contributed by atoms with E-state index in [1.54, 1.807) is 24.4 Å². The molecule has 1 aliphatic rings. The van der Waals surface area contributed by atoms with Crippen molar-refractivity contribution in [3.8, 4) is 5.75 Å². The summed E-state index contributed by atoms with van der Waals surface area (Å²) in [6, 6.07) is 5.16. The molecule has 120 valence electrons. The van der Waals surface area contributed by atoms with Gasteiger partial charge in [-0.25, -0.2) is 0 Å². The molecule has 22 heavy (non-hydrogen) atoms. The molecule has 5 N–H and O–H groups in total. The van der Waals surface area contributed by atoms with Gasteiger partial charge in [0.2, 0.25) is 6.29 Å². The first-order valence-electron chi connectivity index (χ1n) is 6.75. The number of H-pyrrole nitrogens is 1. The standard InChI is InChI=1S/C14H16ClNO6/c15-6-1-2-7-8(3-6)16-4-9(7)21-14-13(20)12(19)11(18)10(5-17)22-14/h1-4,10-14,16-20H,5H2/t10-,11-,12+,13+,14+/m0/s1. The third-order valence-corrected chi connectivity index (χ3v) is 3.93. The van der Waals surface area contributed by atoms with Crippen molar-refractivity contribution in [2.24, 2.45) is 0 Å². The van der Waals surface area contributed by atoms with Crippen LogP contribution in [-0.4, -0.2) is 62.7 Å². The Kier molecular flexibility index (Phi) is 4.26. The van der Waals surface area contributed by atoms with E-state index in [1.165, 1.54) is 0 Å². The smallest absolute Gasteiger partial charge is 0.229 e. The SMILES string of the molecule is OC[C@@H]1O[C@@H](Oc2c[nH]c3cc(Cl)ccc23)[C@H](O)[C@H](O)[C@H]1O. The van der Waals surface area contributed by atoms with Crippen LogP contribution < -0.4 is 4.74 Å². The fourth-order valence-corrected chi connectivity index (χ4v) is 2.63. The summed E-state index contributed by atoms with van der Waals surface area (Å²) in [4.78, 5) is 2.97. The molecule has 2 aromatic rings. The van der Waals surface area contributed by atoms with E-state index in [0.29, 0.717) is 10.8 Å². The molecule has 8 heteroatoms. The molecule has 0 amide bonds. The number of halogens is 1. The second-order valence-electron chi connectivity index (χ2n) is 5.16. The largest absolute Gasteiger partial charge is 0.460 e. The molecule has 0 bridgehead atoms. The molecular formula is C14H16ClNO6. The molecule has 2 heterocycles. The van der Waals surface area contributed by atoms with Crippen LogP contribution in [0.15, 0.2) is 24.4 Å². The number of aromatic nitrogens is 1. The van der Waals surface area contributed by atoms with Gasteiger partial charge in [0, 0.05) is 16.6 Å². The number of hydrogen-bond acceptors (Lipinski definition) is 6. The summed E-state index contributed by atoms with van der Waals surface area (Å²) in [6.07, 6.45) is -5.00. The average Bonchev–Trinajstić information content (AvgIpc) is 2.90. The van der Waals surface area contributed by atoms with Gasteiger partial charge in [-0.2, -0.15) is 0 Å². The van der Waals surface area contributed by atoms with Crippen LogP contribution in [0.1, 0.15) is 0 Å². The van der Waals surface area contributed by atoms with Gasteiger partial charge in [-0.1, -0.05) is 11.6 Å². The van der Waals surface area contributed by atoms with Crippen LogP contribution in [0.3, 0.4) is 0 Å². The van der Waals surface area contributed by atoms with Crippen LogP contribution in [0.25, 0.3) is 10.9 Å². The number of aliphatic hydroxyl groups excluding tert-OH is 4. The van der Waals surface area contributed by atoms with Gasteiger partial charge in [-0.15, -0.1) is 0 Å². The van der Waals surface area contributed by atoms with Crippen LogP contribution in [0.4, 0.5) is 0 Å². The quantitative estimate of drug-likeness (QED) is 0.541. The molecule has 7 nitrogen and oxygen atoms in total. The molecule has 0 saturated carbocycles. The first-order chi connectivity index (χ1) is 10.5. The van der Waals surface area contributed by atoms with E-state index in [1.807, 2.05) is 0 Å². The summed E-state index contributed by atoms with van der Waals surface area (Å²) in [5.74, 6) is 0.399. The van der Waals surface area contributed by atoms with Crippen LogP contribution in [0, 0.1) is 0 Å². The number of benzene rings is 1. The lowest BCUT2D eigenvalue weighted by atomic mass is 9.99. The van der Waals surface area contributed by atoms with Crippen LogP contribution in [0.5, 0.6) is 5.75 Å². The molecule has 0 radical (unpaired) electrons. The highest BCUT2D eigenvalue weighted by molar-refractivity contribution is 6.31. The van der Waals surface area contributed by atoms with Crippen LogP contribution >= 0.6 is 11.6 Å². The van der Waals surface area contributed by atoms with Gasteiger partial charge in [0.25, 0.3) is 0 Å². The fourth-order valence-electron chi connectivity index (χ4n) is 2.46. The summed E-state index contributed by atoms with van der Waals surface area (Å²) in [6.45, 7) is -0.506. The number of ether oxygens (including phenoxy) is 2. The molecule has 1 fully saturated rings. The Morgan fingerprint density at radius 1 is 1.18 bits per heavy atom. The monoisotopic (exact) mass is 329 g/mol. The van der Waals surface area contributed by atoms with Crippen LogP contribution in [0.2, 0.25) is 5.02 Å². The summed E-state index contributed by atoms with van der Waals surface area (Å²) in [5.41, 5.74) is 0.743. The van der Waals surface area contributed by atoms with E-state index in [2.05, 4.69) is 4.98 Å². The number of aliphatic hydroxyl groups is 4. The molecule has 1 aliphatic heterocycles. The molecule has 1 aromatic carbocycles. The predicted octanol–water partition coefficient (Wildman–Crippen LogP) is -0.000000000000000278. The van der Waals surface area contributed by atoms with Crippen molar-refractivity contribution in [2.75, 3.05) is 6.61 Å². The predicted molar refractivity (Wildman–Crippen MR) is 77.7 cm³/mol. The van der Waals surface area contributed by atoms with E-state index in [0.717, 1.165) is 10.9 Å². The second-order valence-corrected chi connectivity index (χ2v) is 5.59. The normalized spacial score (nSPS) is 32.3. The van der Waals surface area contributed by atoms with Crippen LogP contribution in [-0.2, 0) is 4.74 Å². The lowest BCUT2D eigenvalue weighted by molar-refractivity contribution is -0.277. The zero-order valence-electron chi connectivity index (χ0n) is 11.4. The Labute approximate surface area is 130 Å². The maximum Gasteiger partial charge on any atom is 0.229 e. The van der Waals surface area contributed by atoms with Crippen molar-refractivity contribution in [1.82, 2.24) is 4.98 Å². The molecule has 1 saturated heterocycles. The number of rotatable bonds is 3. The van der Waals surface area contributed by atoms with E-state index in [4.69, 9.17) is 26.2 Å². The van der Waals surface area contributed by atoms with Gasteiger partial charge in [-0.3, -0.25) is 0 Å². The van der Waals surface area contributed by atoms with Crippen molar-refractivity contribution in [2.45, 2.75) is 30.7 Å². The maximum absolute atomic E-state index is 9.96. The van der Waals surface area contributed by atoms with E-state index >= 15 is 0 Å². The molecule has 3 rings (SSSR count). The highest BCUT2D eigenvalue weighted by Gasteiger charge is 2.44. The summed E-state index contributed by atoms with van der Waals surface area (Å²) < 4.78 is 10.9. The summed E-state index contributed by atoms with van der Waals surface area (Å²) >= 11 is 5.90. The number of fused-ring (bicyclic) bond motifs is 1. The van der Waals surface area contributed by atoms with Gasteiger partial charge in [0.05, 0.1) is 12.1 Å². The highest BCUT2D eigenvalue weighted by Crippen LogP contribution is 2.31. The molecule has 0 aliphatic carbocycles. The van der Waals surface area contributed by atoms with Gasteiger partial charge in [0.1, 0.15) is 30.2 Å². The zero-order chi connectivity index (χ0) is 15.9. The van der Waals surface area contributed by atoms with Crippen molar-refractivity contribution >= 4 is 22.5 Å². The van der Waals surface area contributed by atoms with E-state index in [-0.39, 0.29) is 0 Å². The molecule has 1 aromatic heterocycles. The van der Waals surface area contributed by atoms with Crippen molar-refractivity contribution < 1.29 is 29.9 Å². The van der Waals surface area contributed by atoms with E-state index in [9.17, 15) is 15.3 Å². The number of hydrogen-bond donors (Lipinski definition) is 5. The number of aromatic amines is 1. The minimum Gasteiger partial charge on any atom is -0.460 e. The molecule has 0 unspecified atom stereocenters. The molecule has 0 spiro atoms. The maximum atomic E-state index is 9.96. The van der Waals surface area contributed by atoms with Gasteiger partial charge >= 0.3 is 0 Å². The summed E-state index contributed by atoms with van der Waals surface area (Å²) in [7, 11) is 0. The lowest BCUT2D eigenvalue weighted by Crippen LogP contribution is -2.60. The minimum atomic E-state index is -1.48. The third-order valence-electron chi connectivity index (χ3n) is 3.70. The highest BCUT2D eigenvalue weighted by atomic mass is 35.5.